The van der Waals surface area contributed by atoms with Gasteiger partial charge in [0.2, 0.25) is 12.6 Å². The van der Waals surface area contributed by atoms with Gasteiger partial charge in [0.25, 0.3) is 0 Å². The Hall–Kier alpha value is -2.84. The molecule has 0 aromatic heterocycles. The highest BCUT2D eigenvalue weighted by Gasteiger charge is 2.46. The van der Waals surface area contributed by atoms with Crippen molar-refractivity contribution in [1.82, 2.24) is 0 Å². The third-order valence-electron chi connectivity index (χ3n) is 9.12. The Morgan fingerprint density at radius 2 is 1.15 bits per heavy atom. The first kappa shape index (κ1) is 36.4. The van der Waals surface area contributed by atoms with Gasteiger partial charge in [-0.05, 0) is 47.7 Å². The molecule has 13 atom stereocenters. The smallest absolute Gasteiger partial charge is 0.229 e. The average molecular weight is 685 g/mol. The van der Waals surface area contributed by atoms with E-state index in [4.69, 9.17) is 33.2 Å². The van der Waals surface area contributed by atoms with E-state index in [1.54, 1.807) is 36.4 Å². The molecular weight excluding hydrogens is 640 g/mol. The molecule has 0 spiro atoms. The van der Waals surface area contributed by atoms with Gasteiger partial charge in [0, 0.05) is 12.5 Å². The van der Waals surface area contributed by atoms with Crippen LogP contribution in [0.15, 0.2) is 36.4 Å². The van der Waals surface area contributed by atoms with Crippen LogP contribution >= 0.6 is 0 Å². The van der Waals surface area contributed by atoms with Crippen molar-refractivity contribution in [1.29, 1.82) is 0 Å². The van der Waals surface area contributed by atoms with E-state index in [9.17, 15) is 46.0 Å². The van der Waals surface area contributed by atoms with Gasteiger partial charge in [-0.25, -0.2) is 0 Å². The molecule has 0 unspecified atom stereocenters. The van der Waals surface area contributed by atoms with E-state index in [2.05, 4.69) is 0 Å². The Balaban J connectivity index is 1.26. The number of hydrogen-bond donors (Lipinski definition) is 9. The highest BCUT2D eigenvalue weighted by atomic mass is 16.7. The molecule has 9 N–H and O–H groups in total. The Kier molecular flexibility index (Phi) is 12.0. The molecule has 48 heavy (non-hydrogen) atoms. The van der Waals surface area contributed by atoms with E-state index in [1.807, 2.05) is 0 Å². The Morgan fingerprint density at radius 3 is 1.65 bits per heavy atom. The number of rotatable bonds is 12. The van der Waals surface area contributed by atoms with E-state index < -0.39 is 80.7 Å². The van der Waals surface area contributed by atoms with Crippen molar-refractivity contribution >= 4 is 0 Å². The standard InChI is InChI=1S/C32H44O16/c1-42-20-8-14(3-5-18(20)45-31-28(40)26(38)24(36)22(11-34)47-31)7-16-13-44-30(17(16)10-33)15-4-6-19(21(9-15)43-2)46-32-29(41)27(39)25(37)23(12-35)48-32/h3-6,8-9,16-17,22-41H,7,10-13H2,1-2H3/t16-,17+,22+,23-,24-,25-,26+,27+,28-,29-,30-,31+,32-/m0/s1. The second-order valence-electron chi connectivity index (χ2n) is 12.1. The lowest BCUT2D eigenvalue weighted by atomic mass is 9.84. The zero-order valence-corrected chi connectivity index (χ0v) is 26.4. The van der Waals surface area contributed by atoms with E-state index in [0.717, 1.165) is 5.56 Å². The molecule has 3 heterocycles. The molecule has 16 nitrogen and oxygen atoms in total. The molecule has 0 radical (unpaired) electrons. The second kappa shape index (κ2) is 15.8. The van der Waals surface area contributed by atoms with Crippen LogP contribution in [-0.2, 0) is 20.6 Å². The van der Waals surface area contributed by atoms with Crippen LogP contribution in [0, 0.1) is 11.8 Å². The number of aliphatic hydroxyl groups excluding tert-OH is 9. The van der Waals surface area contributed by atoms with E-state index in [1.165, 1.54) is 14.2 Å². The first-order chi connectivity index (χ1) is 23.0. The molecule has 16 heteroatoms. The van der Waals surface area contributed by atoms with Crippen molar-refractivity contribution in [3.63, 3.8) is 0 Å². The van der Waals surface area contributed by atoms with E-state index in [0.29, 0.717) is 24.3 Å². The number of hydrogen-bond acceptors (Lipinski definition) is 16. The zero-order valence-electron chi connectivity index (χ0n) is 26.4. The molecule has 0 amide bonds. The van der Waals surface area contributed by atoms with Crippen molar-refractivity contribution in [3.05, 3.63) is 47.5 Å². The number of aliphatic hydroxyl groups is 9. The van der Waals surface area contributed by atoms with Gasteiger partial charge >= 0.3 is 0 Å². The first-order valence-electron chi connectivity index (χ1n) is 15.6. The van der Waals surface area contributed by atoms with Crippen LogP contribution in [0.4, 0.5) is 0 Å². The van der Waals surface area contributed by atoms with Crippen molar-refractivity contribution in [2.75, 3.05) is 40.6 Å². The van der Waals surface area contributed by atoms with Crippen LogP contribution < -0.4 is 18.9 Å². The third kappa shape index (κ3) is 7.35. The van der Waals surface area contributed by atoms with Gasteiger partial charge in [-0.3, -0.25) is 0 Å². The maximum atomic E-state index is 10.4. The molecule has 0 aliphatic carbocycles. The molecule has 3 aliphatic heterocycles. The van der Waals surface area contributed by atoms with Crippen LogP contribution in [0.5, 0.6) is 23.0 Å². The average Bonchev–Trinajstić information content (AvgIpc) is 3.51. The molecule has 3 fully saturated rings. The largest absolute Gasteiger partial charge is 0.493 e. The van der Waals surface area contributed by atoms with Crippen molar-refractivity contribution < 1.29 is 79.1 Å². The summed E-state index contributed by atoms with van der Waals surface area (Å²) in [5.74, 6) is 0.496. The molecule has 2 aromatic rings. The summed E-state index contributed by atoms with van der Waals surface area (Å²) >= 11 is 0. The molecule has 3 aliphatic rings. The van der Waals surface area contributed by atoms with Gasteiger partial charge in [-0.2, -0.15) is 0 Å². The number of ether oxygens (including phenoxy) is 7. The number of methoxy groups -OCH3 is 2. The normalized spacial score (nSPS) is 36.9. The lowest BCUT2D eigenvalue weighted by molar-refractivity contribution is -0.277. The van der Waals surface area contributed by atoms with E-state index in [-0.39, 0.29) is 35.7 Å². The van der Waals surface area contributed by atoms with Crippen LogP contribution in [-0.4, -0.2) is 148 Å². The second-order valence-corrected chi connectivity index (χ2v) is 12.1. The summed E-state index contributed by atoms with van der Waals surface area (Å²) in [5, 5.41) is 90.4. The summed E-state index contributed by atoms with van der Waals surface area (Å²) in [6.07, 6.45) is -14.5. The van der Waals surface area contributed by atoms with Gasteiger partial charge in [0.05, 0.1) is 40.1 Å². The SMILES string of the molecule is COc1cc([C@@H]2OC[C@H](Cc3ccc(O[C@@H]4O[C@H](CO)[C@H](O)[C@@H](O)[C@@H]4O)c(OC)c3)[C@H]2CO)ccc1O[C@H]1O[C@@H](CO)[C@H](O)[C@@H](O)[C@@H]1O. The lowest BCUT2D eigenvalue weighted by Gasteiger charge is -2.39. The fourth-order valence-electron chi connectivity index (χ4n) is 6.30. The minimum Gasteiger partial charge on any atom is -0.493 e. The number of benzene rings is 2. The Labute approximate surface area is 276 Å². The maximum Gasteiger partial charge on any atom is 0.229 e. The highest BCUT2D eigenvalue weighted by Crippen LogP contribution is 2.43. The van der Waals surface area contributed by atoms with Crippen LogP contribution in [0.1, 0.15) is 17.2 Å². The third-order valence-corrected chi connectivity index (χ3v) is 9.12. The quantitative estimate of drug-likeness (QED) is 0.113. The van der Waals surface area contributed by atoms with Gasteiger partial charge in [0.15, 0.2) is 23.0 Å². The fourth-order valence-corrected chi connectivity index (χ4v) is 6.30. The summed E-state index contributed by atoms with van der Waals surface area (Å²) in [6.45, 7) is -1.05. The maximum absolute atomic E-state index is 10.4. The summed E-state index contributed by atoms with van der Waals surface area (Å²) in [6, 6.07) is 10.1. The van der Waals surface area contributed by atoms with Gasteiger partial charge in [0.1, 0.15) is 48.8 Å². The monoisotopic (exact) mass is 684 g/mol. The van der Waals surface area contributed by atoms with Gasteiger partial charge < -0.3 is 79.1 Å². The summed E-state index contributed by atoms with van der Waals surface area (Å²) in [5.41, 5.74) is 1.52. The van der Waals surface area contributed by atoms with Crippen molar-refractivity contribution in [2.45, 2.75) is 73.9 Å². The van der Waals surface area contributed by atoms with Gasteiger partial charge in [-0.15, -0.1) is 0 Å². The molecule has 268 valence electrons. The Bertz CT molecular complexity index is 1340. The van der Waals surface area contributed by atoms with Gasteiger partial charge in [-0.1, -0.05) is 12.1 Å². The molecular formula is C32H44O16. The molecule has 3 saturated heterocycles. The molecule has 0 saturated carbocycles. The van der Waals surface area contributed by atoms with Crippen molar-refractivity contribution in [3.8, 4) is 23.0 Å². The van der Waals surface area contributed by atoms with Crippen molar-refractivity contribution in [2.24, 2.45) is 11.8 Å². The minimum absolute atomic E-state index is 0.113. The molecule has 0 bridgehead atoms. The lowest BCUT2D eigenvalue weighted by Crippen LogP contribution is -2.60. The summed E-state index contributed by atoms with van der Waals surface area (Å²) in [4.78, 5) is 0. The molecule has 5 rings (SSSR count). The summed E-state index contributed by atoms with van der Waals surface area (Å²) < 4.78 is 39.6. The minimum atomic E-state index is -1.61. The zero-order chi connectivity index (χ0) is 34.7. The fraction of sp³-hybridized carbons (Fsp3) is 0.625. The Morgan fingerprint density at radius 1 is 0.625 bits per heavy atom. The topological polar surface area (TPSA) is 247 Å². The summed E-state index contributed by atoms with van der Waals surface area (Å²) in [7, 11) is 2.85. The predicted molar refractivity (Wildman–Crippen MR) is 161 cm³/mol. The predicted octanol–water partition coefficient (Wildman–Crippen LogP) is -2.40. The highest BCUT2D eigenvalue weighted by molar-refractivity contribution is 5.45. The van der Waals surface area contributed by atoms with E-state index >= 15 is 0 Å². The van der Waals surface area contributed by atoms with Crippen LogP contribution in [0.2, 0.25) is 0 Å². The van der Waals surface area contributed by atoms with Crippen LogP contribution in [0.25, 0.3) is 0 Å². The first-order valence-corrected chi connectivity index (χ1v) is 15.6. The molecule has 2 aromatic carbocycles. The van der Waals surface area contributed by atoms with Crippen LogP contribution in [0.3, 0.4) is 0 Å².